The van der Waals surface area contributed by atoms with Gasteiger partial charge in [-0.05, 0) is 25.5 Å². The van der Waals surface area contributed by atoms with E-state index in [-0.39, 0.29) is 6.10 Å². The Morgan fingerprint density at radius 1 is 1.40 bits per heavy atom. The van der Waals surface area contributed by atoms with Gasteiger partial charge >= 0.3 is 0 Å². The normalized spacial score (nSPS) is 12.5. The number of benzene rings is 1. The third-order valence-electron chi connectivity index (χ3n) is 2.48. The van der Waals surface area contributed by atoms with Crippen molar-refractivity contribution in [3.8, 4) is 5.75 Å². The van der Waals surface area contributed by atoms with E-state index in [2.05, 4.69) is 6.92 Å². The van der Waals surface area contributed by atoms with Gasteiger partial charge in [-0.2, -0.15) is 0 Å². The van der Waals surface area contributed by atoms with E-state index in [0.717, 1.165) is 23.4 Å². The number of nitrogen functional groups attached to an aromatic ring is 1. The Balaban J connectivity index is 2.74. The van der Waals surface area contributed by atoms with E-state index in [1.165, 1.54) is 0 Å². The van der Waals surface area contributed by atoms with Gasteiger partial charge < -0.3 is 15.2 Å². The Labute approximate surface area is 91.2 Å². The Bertz CT molecular complexity index is 312. The summed E-state index contributed by atoms with van der Waals surface area (Å²) in [5.41, 5.74) is 7.52. The standard InChI is InChI=1S/C12H19NO2/c1-4-9(2)15-8-10-11(13)6-5-7-12(10)14-3/h5-7,9H,4,8,13H2,1-3H3. The van der Waals surface area contributed by atoms with Gasteiger partial charge in [0.1, 0.15) is 5.75 Å². The fraction of sp³-hybridized carbons (Fsp3) is 0.500. The van der Waals surface area contributed by atoms with Gasteiger partial charge in [-0.15, -0.1) is 0 Å². The molecule has 0 bridgehead atoms. The van der Waals surface area contributed by atoms with E-state index in [9.17, 15) is 0 Å². The average Bonchev–Trinajstić information content (AvgIpc) is 2.26. The highest BCUT2D eigenvalue weighted by molar-refractivity contribution is 5.53. The van der Waals surface area contributed by atoms with Crippen LogP contribution in [0, 0.1) is 0 Å². The first-order valence-corrected chi connectivity index (χ1v) is 5.22. The maximum Gasteiger partial charge on any atom is 0.126 e. The molecule has 1 aromatic carbocycles. The molecule has 3 heteroatoms. The van der Waals surface area contributed by atoms with Crippen LogP contribution >= 0.6 is 0 Å². The smallest absolute Gasteiger partial charge is 0.126 e. The highest BCUT2D eigenvalue weighted by Gasteiger charge is 2.08. The lowest BCUT2D eigenvalue weighted by atomic mass is 10.1. The molecule has 1 rings (SSSR count). The topological polar surface area (TPSA) is 44.5 Å². The van der Waals surface area contributed by atoms with Crippen LogP contribution in [0.5, 0.6) is 5.75 Å². The highest BCUT2D eigenvalue weighted by Crippen LogP contribution is 2.25. The predicted molar refractivity (Wildman–Crippen MR) is 61.9 cm³/mol. The summed E-state index contributed by atoms with van der Waals surface area (Å²) in [7, 11) is 1.64. The first-order valence-electron chi connectivity index (χ1n) is 5.22. The van der Waals surface area contributed by atoms with Gasteiger partial charge in [-0.1, -0.05) is 13.0 Å². The molecule has 84 valence electrons. The minimum Gasteiger partial charge on any atom is -0.496 e. The van der Waals surface area contributed by atoms with Crippen LogP contribution in [0.2, 0.25) is 0 Å². The summed E-state index contributed by atoms with van der Waals surface area (Å²) in [6, 6.07) is 5.63. The van der Waals surface area contributed by atoms with Crippen molar-refractivity contribution >= 4 is 5.69 Å². The Morgan fingerprint density at radius 2 is 2.13 bits per heavy atom. The highest BCUT2D eigenvalue weighted by atomic mass is 16.5. The second-order valence-electron chi connectivity index (χ2n) is 3.56. The molecule has 0 fully saturated rings. The van der Waals surface area contributed by atoms with Crippen LogP contribution in [0.1, 0.15) is 25.8 Å². The Morgan fingerprint density at radius 3 is 2.73 bits per heavy atom. The molecular formula is C12H19NO2. The van der Waals surface area contributed by atoms with Gasteiger partial charge in [0.05, 0.1) is 19.8 Å². The van der Waals surface area contributed by atoms with E-state index in [0.29, 0.717) is 6.61 Å². The van der Waals surface area contributed by atoms with Crippen molar-refractivity contribution in [1.29, 1.82) is 0 Å². The fourth-order valence-electron chi connectivity index (χ4n) is 1.27. The van der Waals surface area contributed by atoms with Crippen LogP contribution in [0.3, 0.4) is 0 Å². The van der Waals surface area contributed by atoms with E-state index < -0.39 is 0 Å². The van der Waals surface area contributed by atoms with Crippen molar-refractivity contribution in [3.05, 3.63) is 23.8 Å². The lowest BCUT2D eigenvalue weighted by molar-refractivity contribution is 0.0501. The van der Waals surface area contributed by atoms with Crippen molar-refractivity contribution in [3.63, 3.8) is 0 Å². The van der Waals surface area contributed by atoms with E-state index in [1.807, 2.05) is 25.1 Å². The lowest BCUT2D eigenvalue weighted by Crippen LogP contribution is -2.08. The summed E-state index contributed by atoms with van der Waals surface area (Å²) in [6.45, 7) is 4.65. The zero-order chi connectivity index (χ0) is 11.3. The van der Waals surface area contributed by atoms with Crippen LogP contribution in [0.4, 0.5) is 5.69 Å². The summed E-state index contributed by atoms with van der Waals surface area (Å²) in [5, 5.41) is 0. The minimum absolute atomic E-state index is 0.245. The zero-order valence-corrected chi connectivity index (χ0v) is 9.62. The van der Waals surface area contributed by atoms with Gasteiger partial charge in [-0.25, -0.2) is 0 Å². The zero-order valence-electron chi connectivity index (χ0n) is 9.62. The summed E-state index contributed by atoms with van der Waals surface area (Å²) >= 11 is 0. The van der Waals surface area contributed by atoms with Crippen LogP contribution in [0.15, 0.2) is 18.2 Å². The minimum atomic E-state index is 0.245. The molecule has 1 unspecified atom stereocenters. The van der Waals surface area contributed by atoms with Crippen LogP contribution in [-0.4, -0.2) is 13.2 Å². The Hall–Kier alpha value is -1.22. The van der Waals surface area contributed by atoms with Gasteiger partial charge in [0.15, 0.2) is 0 Å². The number of rotatable bonds is 5. The molecule has 0 amide bonds. The molecule has 0 saturated carbocycles. The molecule has 0 heterocycles. The number of ether oxygens (including phenoxy) is 2. The fourth-order valence-corrected chi connectivity index (χ4v) is 1.27. The molecule has 1 aromatic rings. The van der Waals surface area contributed by atoms with Crippen molar-refractivity contribution in [1.82, 2.24) is 0 Å². The molecule has 15 heavy (non-hydrogen) atoms. The molecule has 0 radical (unpaired) electrons. The molecule has 3 nitrogen and oxygen atoms in total. The summed E-state index contributed by atoms with van der Waals surface area (Å²) < 4.78 is 10.9. The average molecular weight is 209 g/mol. The van der Waals surface area contributed by atoms with Crippen molar-refractivity contribution in [2.75, 3.05) is 12.8 Å². The quantitative estimate of drug-likeness (QED) is 0.758. The number of hydrogen-bond donors (Lipinski definition) is 1. The second kappa shape index (κ2) is 5.61. The van der Waals surface area contributed by atoms with Crippen LogP contribution < -0.4 is 10.5 Å². The molecule has 0 aliphatic heterocycles. The van der Waals surface area contributed by atoms with Crippen molar-refractivity contribution < 1.29 is 9.47 Å². The molecular weight excluding hydrogens is 190 g/mol. The van der Waals surface area contributed by atoms with Crippen molar-refractivity contribution in [2.45, 2.75) is 33.0 Å². The van der Waals surface area contributed by atoms with Crippen LogP contribution in [0.25, 0.3) is 0 Å². The van der Waals surface area contributed by atoms with E-state index in [1.54, 1.807) is 7.11 Å². The molecule has 0 saturated heterocycles. The molecule has 2 N–H and O–H groups in total. The number of anilines is 1. The SMILES string of the molecule is CCC(C)OCc1c(N)cccc1OC. The second-order valence-corrected chi connectivity index (χ2v) is 3.56. The van der Waals surface area contributed by atoms with Gasteiger partial charge in [-0.3, -0.25) is 0 Å². The summed E-state index contributed by atoms with van der Waals surface area (Å²) in [6.07, 6.45) is 1.24. The monoisotopic (exact) mass is 209 g/mol. The number of hydrogen-bond acceptors (Lipinski definition) is 3. The third kappa shape index (κ3) is 3.13. The largest absolute Gasteiger partial charge is 0.496 e. The van der Waals surface area contributed by atoms with E-state index in [4.69, 9.17) is 15.2 Å². The molecule has 0 spiro atoms. The van der Waals surface area contributed by atoms with Gasteiger partial charge in [0.25, 0.3) is 0 Å². The van der Waals surface area contributed by atoms with Gasteiger partial charge in [0, 0.05) is 11.3 Å². The molecule has 0 aromatic heterocycles. The first-order chi connectivity index (χ1) is 7.19. The molecule has 1 atom stereocenters. The van der Waals surface area contributed by atoms with E-state index >= 15 is 0 Å². The molecule has 0 aliphatic carbocycles. The number of nitrogens with two attached hydrogens (primary N) is 1. The maximum atomic E-state index is 5.86. The molecule has 0 aliphatic rings. The summed E-state index contributed by atoms with van der Waals surface area (Å²) in [4.78, 5) is 0. The predicted octanol–water partition coefficient (Wildman–Crippen LogP) is 2.59. The van der Waals surface area contributed by atoms with Crippen molar-refractivity contribution in [2.24, 2.45) is 0 Å². The van der Waals surface area contributed by atoms with Gasteiger partial charge in [0.2, 0.25) is 0 Å². The number of methoxy groups -OCH3 is 1. The van der Waals surface area contributed by atoms with Crippen LogP contribution in [-0.2, 0) is 11.3 Å². The lowest BCUT2D eigenvalue weighted by Gasteiger charge is -2.14. The third-order valence-corrected chi connectivity index (χ3v) is 2.48. The summed E-state index contributed by atoms with van der Waals surface area (Å²) in [5.74, 6) is 0.790. The maximum absolute atomic E-state index is 5.86. The first kappa shape index (κ1) is 11.9. The Kier molecular flexibility index (Phi) is 4.43.